The van der Waals surface area contributed by atoms with Crippen LogP contribution in [0.5, 0.6) is 0 Å². The molecule has 0 aromatic heterocycles. The van der Waals surface area contributed by atoms with E-state index in [1.165, 1.54) is 11.1 Å². The number of carbonyl (C=O) groups is 1. The molecule has 3 rings (SSSR count). The van der Waals surface area contributed by atoms with Gasteiger partial charge in [0.25, 0.3) is 0 Å². The molecule has 2 heterocycles. The maximum atomic E-state index is 12.8. The average Bonchev–Trinajstić information content (AvgIpc) is 3.19. The third kappa shape index (κ3) is 4.45. The Morgan fingerprint density at radius 3 is 2.63 bits per heavy atom. The second kappa shape index (κ2) is 9.04. The van der Waals surface area contributed by atoms with E-state index in [0.717, 1.165) is 32.8 Å². The molecule has 1 aromatic rings. The largest absolute Gasteiger partial charge is 0.382 e. The highest BCUT2D eigenvalue weighted by Crippen LogP contribution is 2.45. The minimum atomic E-state index is 0.118. The molecule has 2 aliphatic heterocycles. The van der Waals surface area contributed by atoms with Crippen LogP contribution in [0.2, 0.25) is 0 Å². The van der Waals surface area contributed by atoms with Gasteiger partial charge in [0.15, 0.2) is 0 Å². The summed E-state index contributed by atoms with van der Waals surface area (Å²) in [6.07, 6.45) is 0. The molecule has 27 heavy (non-hydrogen) atoms. The number of hydrogen-bond acceptors (Lipinski definition) is 4. The zero-order valence-electron chi connectivity index (χ0n) is 17.1. The van der Waals surface area contributed by atoms with Crippen molar-refractivity contribution in [3.05, 3.63) is 35.4 Å². The summed E-state index contributed by atoms with van der Waals surface area (Å²) in [4.78, 5) is 19.1. The second-order valence-electron chi connectivity index (χ2n) is 7.92. The van der Waals surface area contributed by atoms with Crippen molar-refractivity contribution in [3.63, 3.8) is 0 Å². The van der Waals surface area contributed by atoms with Crippen LogP contribution in [-0.2, 0) is 9.47 Å². The third-order valence-electron chi connectivity index (χ3n) is 5.86. The summed E-state index contributed by atoms with van der Waals surface area (Å²) in [5.41, 5.74) is 2.56. The minimum absolute atomic E-state index is 0.118. The van der Waals surface area contributed by atoms with Gasteiger partial charge in [-0.15, -0.1) is 0 Å². The Labute approximate surface area is 163 Å². The fraction of sp³-hybridized carbons (Fsp3) is 0.667. The van der Waals surface area contributed by atoms with Gasteiger partial charge < -0.3 is 24.2 Å². The molecule has 150 valence electrons. The van der Waals surface area contributed by atoms with Gasteiger partial charge in [0.2, 0.25) is 0 Å². The lowest BCUT2D eigenvalue weighted by molar-refractivity contribution is 0.0582. The molecule has 0 N–H and O–H groups in total. The van der Waals surface area contributed by atoms with E-state index >= 15 is 0 Å². The monoisotopic (exact) mass is 375 g/mol. The van der Waals surface area contributed by atoms with Crippen LogP contribution in [0.25, 0.3) is 0 Å². The maximum Gasteiger partial charge on any atom is 0.320 e. The zero-order valence-corrected chi connectivity index (χ0v) is 17.1. The van der Waals surface area contributed by atoms with Gasteiger partial charge in [0.05, 0.1) is 25.9 Å². The Hall–Kier alpha value is -1.63. The van der Waals surface area contributed by atoms with E-state index in [0.29, 0.717) is 25.0 Å². The predicted molar refractivity (Wildman–Crippen MR) is 106 cm³/mol. The van der Waals surface area contributed by atoms with E-state index < -0.39 is 0 Å². The number of ether oxygens (including phenoxy) is 2. The Balaban J connectivity index is 1.70. The summed E-state index contributed by atoms with van der Waals surface area (Å²) in [6.45, 7) is 8.01. The minimum Gasteiger partial charge on any atom is -0.382 e. The second-order valence-corrected chi connectivity index (χ2v) is 7.92. The fourth-order valence-electron chi connectivity index (χ4n) is 4.53. The number of aryl methyl sites for hydroxylation is 1. The Morgan fingerprint density at radius 2 is 1.93 bits per heavy atom. The fourth-order valence-corrected chi connectivity index (χ4v) is 4.53. The van der Waals surface area contributed by atoms with Crippen molar-refractivity contribution in [2.75, 3.05) is 67.2 Å². The Morgan fingerprint density at radius 1 is 1.15 bits per heavy atom. The molecule has 0 aliphatic carbocycles. The number of nitrogens with zero attached hydrogens (tertiary/aromatic N) is 3. The van der Waals surface area contributed by atoms with Crippen LogP contribution in [0.1, 0.15) is 17.2 Å². The van der Waals surface area contributed by atoms with Crippen molar-refractivity contribution in [2.24, 2.45) is 11.8 Å². The van der Waals surface area contributed by atoms with Gasteiger partial charge in [-0.3, -0.25) is 0 Å². The van der Waals surface area contributed by atoms with Gasteiger partial charge in [0.1, 0.15) is 0 Å². The summed E-state index contributed by atoms with van der Waals surface area (Å²) in [7, 11) is 5.38. The summed E-state index contributed by atoms with van der Waals surface area (Å²) in [5.74, 6) is 1.01. The molecule has 0 unspecified atom stereocenters. The Bertz CT molecular complexity index is 637. The number of likely N-dealkylation sites (tertiary alicyclic amines) is 2. The van der Waals surface area contributed by atoms with E-state index in [1.807, 2.05) is 14.1 Å². The highest BCUT2D eigenvalue weighted by molar-refractivity contribution is 5.75. The lowest BCUT2D eigenvalue weighted by Gasteiger charge is -2.32. The van der Waals surface area contributed by atoms with Crippen LogP contribution >= 0.6 is 0 Å². The molecule has 6 nitrogen and oxygen atoms in total. The first kappa shape index (κ1) is 20.1. The number of rotatable bonds is 7. The quantitative estimate of drug-likeness (QED) is 0.686. The first-order valence-electron chi connectivity index (χ1n) is 9.85. The van der Waals surface area contributed by atoms with E-state index in [9.17, 15) is 4.79 Å². The molecular weight excluding hydrogens is 342 g/mol. The number of urea groups is 1. The number of amides is 2. The van der Waals surface area contributed by atoms with E-state index in [2.05, 4.69) is 41.0 Å². The summed E-state index contributed by atoms with van der Waals surface area (Å²) in [6, 6.07) is 8.77. The maximum absolute atomic E-state index is 12.8. The van der Waals surface area contributed by atoms with Gasteiger partial charge in [-0.05, 0) is 24.0 Å². The molecule has 2 saturated heterocycles. The lowest BCUT2D eigenvalue weighted by Crippen LogP contribution is -2.41. The number of carbonyl (C=O) groups excluding carboxylic acids is 1. The number of methoxy groups -OCH3 is 1. The van der Waals surface area contributed by atoms with Crippen molar-refractivity contribution in [1.82, 2.24) is 14.7 Å². The third-order valence-corrected chi connectivity index (χ3v) is 5.86. The van der Waals surface area contributed by atoms with Crippen LogP contribution in [-0.4, -0.2) is 87.9 Å². The van der Waals surface area contributed by atoms with Crippen LogP contribution in [0, 0.1) is 18.8 Å². The van der Waals surface area contributed by atoms with Crippen LogP contribution < -0.4 is 0 Å². The van der Waals surface area contributed by atoms with E-state index in [1.54, 1.807) is 12.0 Å². The highest BCUT2D eigenvalue weighted by atomic mass is 16.5. The molecular formula is C21H33N3O3. The normalized spacial score (nSPS) is 25.0. The van der Waals surface area contributed by atoms with Gasteiger partial charge >= 0.3 is 6.03 Å². The molecule has 0 radical (unpaired) electrons. The van der Waals surface area contributed by atoms with Gasteiger partial charge in [0, 0.05) is 53.3 Å². The average molecular weight is 376 g/mol. The summed E-state index contributed by atoms with van der Waals surface area (Å²) in [5, 5.41) is 0. The number of benzene rings is 1. The molecule has 2 aliphatic rings. The van der Waals surface area contributed by atoms with E-state index in [4.69, 9.17) is 9.47 Å². The lowest BCUT2D eigenvalue weighted by atomic mass is 9.88. The standard InChI is InChI=1S/C21H33N3O3/c1-16-7-5-6-8-18(16)20-19-15-23(9-10-27-12-11-26-4)13-17(19)14-24(20)21(25)22(2)3/h5-8,17,19-20H,9-15H2,1-4H3/t17-,19-,20+/m1/s1. The SMILES string of the molecule is COCCOCCN1C[C@@H]2CN(C(=O)N(C)C)[C@@H](c3ccccc3C)[C@@H]2C1. The van der Waals surface area contributed by atoms with Crippen LogP contribution in [0.3, 0.4) is 0 Å². The first-order chi connectivity index (χ1) is 13.0. The molecule has 0 saturated carbocycles. The molecule has 0 bridgehead atoms. The molecule has 1 aromatic carbocycles. The summed E-state index contributed by atoms with van der Waals surface area (Å²) < 4.78 is 10.7. The zero-order chi connectivity index (χ0) is 19.4. The predicted octanol–water partition coefficient (Wildman–Crippen LogP) is 2.24. The molecule has 0 spiro atoms. The molecule has 3 atom stereocenters. The summed E-state index contributed by atoms with van der Waals surface area (Å²) >= 11 is 0. The van der Waals surface area contributed by atoms with E-state index in [-0.39, 0.29) is 12.1 Å². The smallest absolute Gasteiger partial charge is 0.320 e. The van der Waals surface area contributed by atoms with Crippen molar-refractivity contribution in [3.8, 4) is 0 Å². The van der Waals surface area contributed by atoms with Gasteiger partial charge in [-0.1, -0.05) is 24.3 Å². The number of fused-ring (bicyclic) bond motifs is 1. The Kier molecular flexibility index (Phi) is 6.73. The van der Waals surface area contributed by atoms with Crippen molar-refractivity contribution < 1.29 is 14.3 Å². The number of hydrogen-bond donors (Lipinski definition) is 0. The van der Waals surface area contributed by atoms with Gasteiger partial charge in [-0.2, -0.15) is 0 Å². The van der Waals surface area contributed by atoms with Crippen molar-refractivity contribution >= 4 is 6.03 Å². The topological polar surface area (TPSA) is 45.3 Å². The first-order valence-corrected chi connectivity index (χ1v) is 9.85. The molecule has 6 heteroatoms. The highest BCUT2D eigenvalue weighted by Gasteiger charge is 2.49. The van der Waals surface area contributed by atoms with Crippen LogP contribution in [0.4, 0.5) is 4.79 Å². The van der Waals surface area contributed by atoms with Crippen LogP contribution in [0.15, 0.2) is 24.3 Å². The molecule has 2 fully saturated rings. The van der Waals surface area contributed by atoms with Crippen molar-refractivity contribution in [2.45, 2.75) is 13.0 Å². The van der Waals surface area contributed by atoms with Gasteiger partial charge in [-0.25, -0.2) is 4.79 Å². The molecule has 2 amide bonds. The van der Waals surface area contributed by atoms with Crippen molar-refractivity contribution in [1.29, 1.82) is 0 Å².